The minimum atomic E-state index is -0.130. The Balaban J connectivity index is 1.75. The monoisotopic (exact) mass is 361 g/mol. The van der Waals surface area contributed by atoms with Gasteiger partial charge >= 0.3 is 0 Å². The van der Waals surface area contributed by atoms with E-state index in [9.17, 15) is 5.11 Å². The Labute approximate surface area is 156 Å². The van der Waals surface area contributed by atoms with E-state index in [0.29, 0.717) is 12.2 Å². The molecule has 1 N–H and O–H groups in total. The molecule has 27 heavy (non-hydrogen) atoms. The van der Waals surface area contributed by atoms with Crippen LogP contribution in [0.5, 0.6) is 5.75 Å². The van der Waals surface area contributed by atoms with Gasteiger partial charge in [0.2, 0.25) is 0 Å². The van der Waals surface area contributed by atoms with E-state index in [0.717, 1.165) is 28.3 Å². The fourth-order valence-electron chi connectivity index (χ4n) is 2.89. The van der Waals surface area contributed by atoms with E-state index in [4.69, 9.17) is 9.84 Å². The summed E-state index contributed by atoms with van der Waals surface area (Å²) in [6.07, 6.45) is 3.73. The van der Waals surface area contributed by atoms with E-state index >= 15 is 0 Å². The number of nitrogens with zero attached hydrogens (tertiary/aromatic N) is 5. The Hall–Kier alpha value is -3.45. The topological polar surface area (TPSA) is 78.0 Å². The number of para-hydroxylation sites is 1. The van der Waals surface area contributed by atoms with Gasteiger partial charge in [-0.1, -0.05) is 23.4 Å². The zero-order valence-corrected chi connectivity index (χ0v) is 14.9. The number of aliphatic hydroxyl groups is 1. The highest BCUT2D eigenvalue weighted by molar-refractivity contribution is 5.64. The van der Waals surface area contributed by atoms with Crippen LogP contribution in [0.2, 0.25) is 0 Å². The first-order valence-corrected chi connectivity index (χ1v) is 8.55. The second kappa shape index (κ2) is 7.43. The molecule has 0 radical (unpaired) electrons. The number of ether oxygens (including phenoxy) is 1. The Kier molecular flexibility index (Phi) is 4.67. The summed E-state index contributed by atoms with van der Waals surface area (Å²) >= 11 is 0. The summed E-state index contributed by atoms with van der Waals surface area (Å²) in [4.78, 5) is 0. The quantitative estimate of drug-likeness (QED) is 0.571. The van der Waals surface area contributed by atoms with Gasteiger partial charge in [0.25, 0.3) is 0 Å². The van der Waals surface area contributed by atoms with Crippen LogP contribution in [0.3, 0.4) is 0 Å². The molecule has 0 fully saturated rings. The molecule has 2 aromatic carbocycles. The second-order valence-electron chi connectivity index (χ2n) is 6.08. The van der Waals surface area contributed by atoms with Crippen LogP contribution in [0.25, 0.3) is 16.9 Å². The average Bonchev–Trinajstić information content (AvgIpc) is 3.36. The molecular weight excluding hydrogens is 342 g/mol. The van der Waals surface area contributed by atoms with Crippen LogP contribution < -0.4 is 4.74 Å². The van der Waals surface area contributed by atoms with Crippen molar-refractivity contribution in [1.82, 2.24) is 24.8 Å². The van der Waals surface area contributed by atoms with E-state index in [2.05, 4.69) is 10.3 Å². The van der Waals surface area contributed by atoms with Crippen molar-refractivity contribution in [3.8, 4) is 22.7 Å². The molecule has 7 heteroatoms. The molecule has 0 unspecified atom stereocenters. The Morgan fingerprint density at radius 2 is 1.78 bits per heavy atom. The van der Waals surface area contributed by atoms with Gasteiger partial charge < -0.3 is 9.84 Å². The average molecular weight is 361 g/mol. The number of hydrogen-bond donors (Lipinski definition) is 1. The van der Waals surface area contributed by atoms with E-state index in [1.807, 2.05) is 65.5 Å². The zero-order valence-electron chi connectivity index (χ0n) is 14.9. The van der Waals surface area contributed by atoms with Gasteiger partial charge in [-0.15, -0.1) is 5.10 Å². The zero-order chi connectivity index (χ0) is 18.6. The van der Waals surface area contributed by atoms with E-state index < -0.39 is 0 Å². The van der Waals surface area contributed by atoms with Crippen LogP contribution in [-0.2, 0) is 13.2 Å². The highest BCUT2D eigenvalue weighted by Gasteiger charge is 2.14. The van der Waals surface area contributed by atoms with Crippen molar-refractivity contribution >= 4 is 0 Å². The largest absolute Gasteiger partial charge is 0.497 e. The van der Waals surface area contributed by atoms with Crippen molar-refractivity contribution in [3.63, 3.8) is 0 Å². The third-order valence-corrected chi connectivity index (χ3v) is 4.25. The second-order valence-corrected chi connectivity index (χ2v) is 6.08. The molecule has 136 valence electrons. The predicted octanol–water partition coefficient (Wildman–Crippen LogP) is 2.68. The predicted molar refractivity (Wildman–Crippen MR) is 101 cm³/mol. The highest BCUT2D eigenvalue weighted by Crippen LogP contribution is 2.26. The molecule has 0 aliphatic rings. The molecular formula is C20H19N5O2. The van der Waals surface area contributed by atoms with Crippen molar-refractivity contribution in [3.05, 3.63) is 78.2 Å². The van der Waals surface area contributed by atoms with Crippen molar-refractivity contribution in [1.29, 1.82) is 0 Å². The maximum absolute atomic E-state index is 9.21. The Morgan fingerprint density at radius 1 is 1.00 bits per heavy atom. The van der Waals surface area contributed by atoms with E-state index in [1.165, 1.54) is 0 Å². The molecule has 0 amide bonds. The SMILES string of the molecule is COc1ccc(-c2nn(-c3ccccc3)cc2Cn2cc(CO)nn2)cc1. The molecule has 0 saturated heterocycles. The molecule has 0 bridgehead atoms. The molecule has 4 rings (SSSR count). The van der Waals surface area contributed by atoms with Gasteiger partial charge in [0.05, 0.1) is 37.8 Å². The first-order valence-electron chi connectivity index (χ1n) is 8.55. The first-order chi connectivity index (χ1) is 13.3. The molecule has 0 atom stereocenters. The minimum absolute atomic E-state index is 0.130. The lowest BCUT2D eigenvalue weighted by Crippen LogP contribution is -2.01. The van der Waals surface area contributed by atoms with Crippen LogP contribution in [0.1, 0.15) is 11.3 Å². The van der Waals surface area contributed by atoms with Crippen LogP contribution in [0.4, 0.5) is 0 Å². The molecule has 0 saturated carbocycles. The first kappa shape index (κ1) is 17.0. The number of aromatic nitrogens is 5. The standard InChI is InChI=1S/C20H19N5O2/c1-27-19-9-7-15(8-10-19)20-16(11-24-13-17(14-26)21-23-24)12-25(22-20)18-5-3-2-4-6-18/h2-10,12-13,26H,11,14H2,1H3. The fraction of sp³-hybridized carbons (Fsp3) is 0.150. The van der Waals surface area contributed by atoms with Gasteiger partial charge in [0.1, 0.15) is 11.4 Å². The lowest BCUT2D eigenvalue weighted by molar-refractivity contribution is 0.276. The van der Waals surface area contributed by atoms with E-state index in [1.54, 1.807) is 18.0 Å². The van der Waals surface area contributed by atoms with Gasteiger partial charge in [-0.3, -0.25) is 0 Å². The van der Waals surface area contributed by atoms with Crippen LogP contribution in [-0.4, -0.2) is 37.0 Å². The van der Waals surface area contributed by atoms with Crippen LogP contribution >= 0.6 is 0 Å². The van der Waals surface area contributed by atoms with Crippen molar-refractivity contribution in [2.75, 3.05) is 7.11 Å². The highest BCUT2D eigenvalue weighted by atomic mass is 16.5. The third-order valence-electron chi connectivity index (χ3n) is 4.25. The van der Waals surface area contributed by atoms with Gasteiger partial charge in [-0.2, -0.15) is 5.10 Å². The Bertz CT molecular complexity index is 1020. The molecule has 0 spiro atoms. The number of benzene rings is 2. The van der Waals surface area contributed by atoms with Crippen LogP contribution in [0.15, 0.2) is 67.0 Å². The number of methoxy groups -OCH3 is 1. The van der Waals surface area contributed by atoms with Gasteiger partial charge in [0.15, 0.2) is 0 Å². The smallest absolute Gasteiger partial charge is 0.118 e. The summed E-state index contributed by atoms with van der Waals surface area (Å²) in [7, 11) is 1.65. The lowest BCUT2D eigenvalue weighted by atomic mass is 10.1. The van der Waals surface area contributed by atoms with Crippen molar-refractivity contribution in [2.45, 2.75) is 13.2 Å². The third kappa shape index (κ3) is 3.58. The summed E-state index contributed by atoms with van der Waals surface area (Å²) in [5.74, 6) is 0.798. The maximum atomic E-state index is 9.21. The molecule has 4 aromatic rings. The van der Waals surface area contributed by atoms with Gasteiger partial charge in [-0.25, -0.2) is 9.36 Å². The summed E-state index contributed by atoms with van der Waals surface area (Å²) in [6.45, 7) is 0.371. The maximum Gasteiger partial charge on any atom is 0.118 e. The number of rotatable bonds is 6. The van der Waals surface area contributed by atoms with Crippen molar-refractivity contribution in [2.24, 2.45) is 0 Å². The summed E-state index contributed by atoms with van der Waals surface area (Å²) in [5, 5.41) is 22.0. The summed E-state index contributed by atoms with van der Waals surface area (Å²) in [6, 6.07) is 17.8. The number of aliphatic hydroxyl groups excluding tert-OH is 1. The van der Waals surface area contributed by atoms with Gasteiger partial charge in [0, 0.05) is 17.3 Å². The normalized spacial score (nSPS) is 10.9. The van der Waals surface area contributed by atoms with Crippen LogP contribution in [0, 0.1) is 0 Å². The molecule has 2 heterocycles. The molecule has 2 aromatic heterocycles. The molecule has 0 aliphatic heterocycles. The summed E-state index contributed by atoms with van der Waals surface area (Å²) < 4.78 is 8.81. The molecule has 0 aliphatic carbocycles. The molecule has 7 nitrogen and oxygen atoms in total. The number of hydrogen-bond acceptors (Lipinski definition) is 5. The van der Waals surface area contributed by atoms with E-state index in [-0.39, 0.29) is 6.61 Å². The fourth-order valence-corrected chi connectivity index (χ4v) is 2.89. The summed E-state index contributed by atoms with van der Waals surface area (Å²) in [5.41, 5.74) is 4.37. The minimum Gasteiger partial charge on any atom is -0.497 e. The van der Waals surface area contributed by atoms with Gasteiger partial charge in [-0.05, 0) is 36.4 Å². The lowest BCUT2D eigenvalue weighted by Gasteiger charge is -2.04. The van der Waals surface area contributed by atoms with Crippen molar-refractivity contribution < 1.29 is 9.84 Å². The Morgan fingerprint density at radius 3 is 2.44 bits per heavy atom.